The van der Waals surface area contributed by atoms with Crippen LogP contribution in [0.5, 0.6) is 0 Å². The summed E-state index contributed by atoms with van der Waals surface area (Å²) in [4.78, 5) is 0. The molecule has 1 radical (unpaired) electrons. The van der Waals surface area contributed by atoms with Crippen molar-refractivity contribution in [2.24, 2.45) is 0 Å². The molecular formula is C16H34NdO3P+4. The van der Waals surface area contributed by atoms with Crippen molar-refractivity contribution < 1.29 is 54.5 Å². The molecule has 0 N–H and O–H groups in total. The van der Waals surface area contributed by atoms with E-state index in [1.807, 2.05) is 0 Å². The van der Waals surface area contributed by atoms with Crippen molar-refractivity contribution in [2.75, 3.05) is 13.2 Å². The van der Waals surface area contributed by atoms with Crippen LogP contribution in [-0.4, -0.2) is 13.2 Å². The van der Waals surface area contributed by atoms with Crippen LogP contribution in [0.25, 0.3) is 0 Å². The van der Waals surface area contributed by atoms with Gasteiger partial charge < -0.3 is 0 Å². The van der Waals surface area contributed by atoms with E-state index in [0.29, 0.717) is 13.2 Å². The van der Waals surface area contributed by atoms with Gasteiger partial charge in [-0.25, -0.2) is 0 Å². The Hall–Kier alpha value is 1.37. The molecule has 0 atom stereocenters. The van der Waals surface area contributed by atoms with Gasteiger partial charge in [-0.2, -0.15) is 0 Å². The molecule has 0 aromatic heterocycles. The molecule has 0 saturated heterocycles. The molecule has 0 aromatic carbocycles. The van der Waals surface area contributed by atoms with Crippen LogP contribution >= 0.6 is 8.25 Å². The summed E-state index contributed by atoms with van der Waals surface area (Å²) in [5, 5.41) is 0. The average Bonchev–Trinajstić information content (AvgIpc) is 2.45. The summed E-state index contributed by atoms with van der Waals surface area (Å²) in [6.07, 6.45) is 14.6. The first kappa shape index (κ1) is 24.6. The Morgan fingerprint density at radius 1 is 0.619 bits per heavy atom. The van der Waals surface area contributed by atoms with Gasteiger partial charge in [0.2, 0.25) is 0 Å². The Labute approximate surface area is 165 Å². The van der Waals surface area contributed by atoms with Crippen molar-refractivity contribution in [1.29, 1.82) is 0 Å². The molecule has 0 heterocycles. The molecule has 0 aliphatic carbocycles. The first-order valence-corrected chi connectivity index (χ1v) is 9.63. The molecule has 0 bridgehead atoms. The van der Waals surface area contributed by atoms with Crippen LogP contribution in [0.1, 0.15) is 90.9 Å². The van der Waals surface area contributed by atoms with Crippen molar-refractivity contribution >= 4 is 8.25 Å². The van der Waals surface area contributed by atoms with E-state index in [1.54, 1.807) is 0 Å². The van der Waals surface area contributed by atoms with Crippen molar-refractivity contribution in [3.05, 3.63) is 0 Å². The van der Waals surface area contributed by atoms with E-state index in [9.17, 15) is 4.57 Å². The second-order valence-electron chi connectivity index (χ2n) is 5.43. The first-order valence-electron chi connectivity index (χ1n) is 8.54. The zero-order chi connectivity index (χ0) is 14.9. The van der Waals surface area contributed by atoms with Crippen LogP contribution < -0.4 is 0 Å². The molecule has 21 heavy (non-hydrogen) atoms. The Morgan fingerprint density at radius 3 is 1.33 bits per heavy atom. The molecule has 0 aliphatic heterocycles. The minimum Gasteiger partial charge on any atom is -0.119 e. The Bertz CT molecular complexity index is 196. The van der Waals surface area contributed by atoms with Gasteiger partial charge >= 0.3 is 49.1 Å². The van der Waals surface area contributed by atoms with Gasteiger partial charge in [0.25, 0.3) is 0 Å². The number of unbranched alkanes of at least 4 members (excludes halogenated alkanes) is 10. The van der Waals surface area contributed by atoms with E-state index in [0.717, 1.165) is 12.8 Å². The van der Waals surface area contributed by atoms with Gasteiger partial charge in [0, 0.05) is 4.57 Å². The van der Waals surface area contributed by atoms with Gasteiger partial charge in [-0.1, -0.05) is 78.1 Å². The van der Waals surface area contributed by atoms with Gasteiger partial charge in [0.1, 0.15) is 13.2 Å². The molecule has 0 spiro atoms. The van der Waals surface area contributed by atoms with E-state index >= 15 is 0 Å². The van der Waals surface area contributed by atoms with Crippen LogP contribution in [0.2, 0.25) is 0 Å². The summed E-state index contributed by atoms with van der Waals surface area (Å²) >= 11 is 0. The Balaban J connectivity index is 0. The smallest absolute Gasteiger partial charge is 0.119 e. The molecule has 5 heteroatoms. The zero-order valence-corrected chi connectivity index (χ0v) is 18.2. The van der Waals surface area contributed by atoms with E-state index in [2.05, 4.69) is 13.8 Å². The van der Waals surface area contributed by atoms with Gasteiger partial charge in [0.05, 0.1) is 0 Å². The zero-order valence-electron chi connectivity index (χ0n) is 14.1. The normalized spacial score (nSPS) is 10.4. The molecule has 0 fully saturated rings. The topological polar surface area (TPSA) is 35.5 Å². The molecule has 0 unspecified atom stereocenters. The molecule has 0 saturated carbocycles. The predicted octanol–water partition coefficient (Wildman–Crippen LogP) is 6.40. The standard InChI is InChI=1S/C16H34O3P.Nd/c1-3-5-7-9-11-13-15-18-20(17)19-16-14-12-10-8-6-4-2;/h3-16H2,1-2H3;/q+1;+3. The second kappa shape index (κ2) is 21.4. The van der Waals surface area contributed by atoms with Gasteiger partial charge in [0.15, 0.2) is 0 Å². The summed E-state index contributed by atoms with van der Waals surface area (Å²) in [5.41, 5.74) is 0. The van der Waals surface area contributed by atoms with E-state index in [1.165, 1.54) is 64.2 Å². The molecule has 0 rings (SSSR count). The van der Waals surface area contributed by atoms with Gasteiger partial charge in [-0.15, -0.1) is 9.05 Å². The molecule has 3 nitrogen and oxygen atoms in total. The van der Waals surface area contributed by atoms with Crippen molar-refractivity contribution in [3.63, 3.8) is 0 Å². The van der Waals surface area contributed by atoms with Crippen molar-refractivity contribution in [3.8, 4) is 0 Å². The van der Waals surface area contributed by atoms with Crippen LogP contribution in [0.3, 0.4) is 0 Å². The largest absolute Gasteiger partial charge is 3.00 e. The van der Waals surface area contributed by atoms with Gasteiger partial charge in [-0.05, 0) is 12.8 Å². The first-order chi connectivity index (χ1) is 9.81. The Morgan fingerprint density at radius 2 is 0.952 bits per heavy atom. The van der Waals surface area contributed by atoms with E-state index in [-0.39, 0.29) is 40.8 Å². The maximum atomic E-state index is 11.4. The predicted molar refractivity (Wildman–Crippen MR) is 86.3 cm³/mol. The van der Waals surface area contributed by atoms with Crippen LogP contribution in [0.4, 0.5) is 0 Å². The SMILES string of the molecule is CCCCCCCCO[P+](=O)OCCCCCCCC.[Nd+3]. The van der Waals surface area contributed by atoms with E-state index < -0.39 is 8.25 Å². The fraction of sp³-hybridized carbons (Fsp3) is 1.00. The summed E-state index contributed by atoms with van der Waals surface area (Å²) in [6.45, 7) is 5.57. The minimum absolute atomic E-state index is 0. The monoisotopic (exact) mass is 447 g/mol. The maximum absolute atomic E-state index is 11.4. The average molecular weight is 450 g/mol. The van der Waals surface area contributed by atoms with Gasteiger partial charge in [-0.3, -0.25) is 0 Å². The third kappa shape index (κ3) is 21.4. The number of hydrogen-bond acceptors (Lipinski definition) is 3. The third-order valence-electron chi connectivity index (χ3n) is 3.39. The minimum atomic E-state index is -1.89. The van der Waals surface area contributed by atoms with Crippen molar-refractivity contribution in [1.82, 2.24) is 0 Å². The summed E-state index contributed by atoms with van der Waals surface area (Å²) in [6, 6.07) is 0. The maximum Gasteiger partial charge on any atom is 3.00 e. The molecule has 0 aromatic rings. The number of rotatable bonds is 16. The second-order valence-corrected chi connectivity index (χ2v) is 6.39. The summed E-state index contributed by atoms with van der Waals surface area (Å²) in [7, 11) is -1.89. The number of hydrogen-bond donors (Lipinski definition) is 0. The Kier molecular flexibility index (Phi) is 25.1. The third-order valence-corrected chi connectivity index (χ3v) is 4.18. The van der Waals surface area contributed by atoms with Crippen LogP contribution in [0, 0.1) is 40.8 Å². The van der Waals surface area contributed by atoms with Crippen LogP contribution in [-0.2, 0) is 13.6 Å². The quantitative estimate of drug-likeness (QED) is 0.202. The van der Waals surface area contributed by atoms with Crippen molar-refractivity contribution in [2.45, 2.75) is 90.9 Å². The molecule has 121 valence electrons. The summed E-state index contributed by atoms with van der Waals surface area (Å²) < 4.78 is 21.8. The summed E-state index contributed by atoms with van der Waals surface area (Å²) in [5.74, 6) is 0. The van der Waals surface area contributed by atoms with E-state index in [4.69, 9.17) is 9.05 Å². The molecule has 0 amide bonds. The molecule has 0 aliphatic rings. The van der Waals surface area contributed by atoms with Crippen LogP contribution in [0.15, 0.2) is 0 Å². The fourth-order valence-electron chi connectivity index (χ4n) is 2.08. The fourth-order valence-corrected chi connectivity index (χ4v) is 2.71. The molecular weight excluding hydrogens is 415 g/mol.